The van der Waals surface area contributed by atoms with E-state index in [9.17, 15) is 0 Å². The summed E-state index contributed by atoms with van der Waals surface area (Å²) in [5.74, 6) is 0.537. The van der Waals surface area contributed by atoms with Crippen molar-refractivity contribution in [2.45, 2.75) is 33.7 Å². The number of benzene rings is 1. The summed E-state index contributed by atoms with van der Waals surface area (Å²) >= 11 is 6.23. The summed E-state index contributed by atoms with van der Waals surface area (Å²) in [4.78, 5) is 4.35. The van der Waals surface area contributed by atoms with Gasteiger partial charge in [0.1, 0.15) is 0 Å². The maximum absolute atomic E-state index is 6.23. The summed E-state index contributed by atoms with van der Waals surface area (Å²) < 4.78 is 2.02. The van der Waals surface area contributed by atoms with Gasteiger partial charge in [0.05, 0.1) is 16.1 Å². The number of halogens is 1. The fraction of sp³-hybridized carbons (Fsp3) is 0.462. The smallest absolute Gasteiger partial charge is 0.201 e. The number of aromatic nitrogens is 2. The van der Waals surface area contributed by atoms with Crippen LogP contribution in [0.3, 0.4) is 0 Å². The van der Waals surface area contributed by atoms with Crippen molar-refractivity contribution in [2.24, 2.45) is 5.41 Å². The Morgan fingerprint density at radius 1 is 1.41 bits per heavy atom. The van der Waals surface area contributed by atoms with E-state index in [-0.39, 0.29) is 5.41 Å². The van der Waals surface area contributed by atoms with E-state index in [2.05, 4.69) is 25.8 Å². The number of anilines is 1. The Labute approximate surface area is 107 Å². The van der Waals surface area contributed by atoms with Crippen LogP contribution in [0, 0.1) is 5.41 Å². The highest BCUT2D eigenvalue weighted by atomic mass is 35.5. The molecule has 1 aromatic heterocycles. The van der Waals surface area contributed by atoms with Gasteiger partial charge in [-0.1, -0.05) is 38.4 Å². The Hall–Kier alpha value is -1.22. The predicted octanol–water partition coefficient (Wildman–Crippen LogP) is 3.71. The van der Waals surface area contributed by atoms with Gasteiger partial charge in [-0.25, -0.2) is 4.98 Å². The first kappa shape index (κ1) is 12.2. The average molecular weight is 252 g/mol. The zero-order valence-electron chi connectivity index (χ0n) is 10.5. The molecule has 0 spiro atoms. The summed E-state index contributed by atoms with van der Waals surface area (Å²) in [6.45, 7) is 7.44. The fourth-order valence-corrected chi connectivity index (χ4v) is 2.13. The van der Waals surface area contributed by atoms with Crippen molar-refractivity contribution in [3.8, 4) is 0 Å². The summed E-state index contributed by atoms with van der Waals surface area (Å²) in [5.41, 5.74) is 7.96. The first-order valence-electron chi connectivity index (χ1n) is 5.85. The average Bonchev–Trinajstić information content (AvgIpc) is 2.56. The van der Waals surface area contributed by atoms with E-state index in [0.717, 1.165) is 24.0 Å². The maximum Gasteiger partial charge on any atom is 0.201 e. The maximum atomic E-state index is 6.23. The van der Waals surface area contributed by atoms with Crippen LogP contribution in [0.1, 0.15) is 27.2 Å². The predicted molar refractivity (Wildman–Crippen MR) is 73.2 cm³/mol. The number of imidazole rings is 1. The van der Waals surface area contributed by atoms with Crippen LogP contribution in [0.4, 0.5) is 5.95 Å². The minimum Gasteiger partial charge on any atom is -0.369 e. The van der Waals surface area contributed by atoms with Crippen molar-refractivity contribution >= 4 is 28.6 Å². The van der Waals surface area contributed by atoms with Crippen molar-refractivity contribution in [3.63, 3.8) is 0 Å². The first-order chi connectivity index (χ1) is 7.94. The molecule has 0 fully saturated rings. The number of rotatable bonds is 3. The largest absolute Gasteiger partial charge is 0.369 e. The van der Waals surface area contributed by atoms with Gasteiger partial charge in [0, 0.05) is 6.54 Å². The molecule has 92 valence electrons. The molecule has 3 nitrogen and oxygen atoms in total. The second-order valence-corrected chi connectivity index (χ2v) is 5.59. The molecular weight excluding hydrogens is 234 g/mol. The van der Waals surface area contributed by atoms with E-state index in [1.54, 1.807) is 0 Å². The van der Waals surface area contributed by atoms with Crippen molar-refractivity contribution in [1.29, 1.82) is 0 Å². The van der Waals surface area contributed by atoms with Gasteiger partial charge in [0.15, 0.2) is 0 Å². The third kappa shape index (κ3) is 2.25. The molecule has 1 heterocycles. The number of nitrogens with two attached hydrogens (primary N) is 1. The van der Waals surface area contributed by atoms with Gasteiger partial charge < -0.3 is 10.3 Å². The molecule has 4 heteroatoms. The molecule has 2 N–H and O–H groups in total. The van der Waals surface area contributed by atoms with E-state index < -0.39 is 0 Å². The highest BCUT2D eigenvalue weighted by molar-refractivity contribution is 6.35. The molecule has 0 amide bonds. The Morgan fingerprint density at radius 2 is 2.12 bits per heavy atom. The number of fused-ring (bicyclic) bond motifs is 1. The monoisotopic (exact) mass is 251 g/mol. The Kier molecular flexibility index (Phi) is 3.04. The molecule has 17 heavy (non-hydrogen) atoms. The van der Waals surface area contributed by atoms with Crippen molar-refractivity contribution in [2.75, 3.05) is 5.73 Å². The second-order valence-electron chi connectivity index (χ2n) is 5.18. The van der Waals surface area contributed by atoms with Crippen LogP contribution in [0.25, 0.3) is 11.0 Å². The Bertz CT molecular complexity index is 543. The zero-order chi connectivity index (χ0) is 12.6. The molecule has 0 unspecified atom stereocenters. The fourth-order valence-electron chi connectivity index (χ4n) is 1.86. The lowest BCUT2D eigenvalue weighted by Crippen LogP contribution is -2.19. The molecule has 0 aliphatic carbocycles. The highest BCUT2D eigenvalue weighted by Crippen LogP contribution is 2.30. The molecule has 0 aliphatic heterocycles. The van der Waals surface area contributed by atoms with Gasteiger partial charge in [-0.15, -0.1) is 0 Å². The van der Waals surface area contributed by atoms with Gasteiger partial charge in [0.25, 0.3) is 0 Å². The molecule has 0 radical (unpaired) electrons. The van der Waals surface area contributed by atoms with E-state index in [1.165, 1.54) is 0 Å². The molecule has 0 atom stereocenters. The van der Waals surface area contributed by atoms with Gasteiger partial charge in [-0.2, -0.15) is 0 Å². The van der Waals surface area contributed by atoms with Crippen LogP contribution in [-0.4, -0.2) is 9.55 Å². The third-order valence-corrected chi connectivity index (χ3v) is 3.60. The summed E-state index contributed by atoms with van der Waals surface area (Å²) in [7, 11) is 0. The molecule has 0 aliphatic rings. The summed E-state index contributed by atoms with van der Waals surface area (Å²) in [5, 5.41) is 0.707. The number of nitrogen functional groups attached to an aromatic ring is 1. The van der Waals surface area contributed by atoms with Gasteiger partial charge in [0.2, 0.25) is 5.95 Å². The van der Waals surface area contributed by atoms with Crippen LogP contribution in [0.2, 0.25) is 5.02 Å². The van der Waals surface area contributed by atoms with Crippen LogP contribution in [0.5, 0.6) is 0 Å². The lowest BCUT2D eigenvalue weighted by molar-refractivity contribution is 0.300. The lowest BCUT2D eigenvalue weighted by atomic mass is 9.90. The Morgan fingerprint density at radius 3 is 2.76 bits per heavy atom. The van der Waals surface area contributed by atoms with Crippen molar-refractivity contribution < 1.29 is 0 Å². The van der Waals surface area contributed by atoms with Crippen molar-refractivity contribution in [1.82, 2.24) is 9.55 Å². The Balaban J connectivity index is 2.57. The SMILES string of the molecule is CCC(C)(C)Cn1c(N)nc2cccc(Cl)c21. The molecule has 0 bridgehead atoms. The molecular formula is C13H18ClN3. The molecule has 0 saturated carbocycles. The third-order valence-electron chi connectivity index (χ3n) is 3.29. The standard InChI is InChI=1S/C13H18ClN3/c1-4-13(2,3)8-17-11-9(14)6-5-7-10(11)16-12(17)15/h5-7H,4,8H2,1-3H3,(H2,15,16). The van der Waals surface area contributed by atoms with Crippen LogP contribution in [0.15, 0.2) is 18.2 Å². The zero-order valence-corrected chi connectivity index (χ0v) is 11.3. The second kappa shape index (κ2) is 4.22. The molecule has 2 aromatic rings. The van der Waals surface area contributed by atoms with Crippen molar-refractivity contribution in [3.05, 3.63) is 23.2 Å². The summed E-state index contributed by atoms with van der Waals surface area (Å²) in [6, 6.07) is 5.71. The minimum absolute atomic E-state index is 0.181. The number of para-hydroxylation sites is 1. The van der Waals surface area contributed by atoms with E-state index in [0.29, 0.717) is 11.0 Å². The first-order valence-corrected chi connectivity index (χ1v) is 6.22. The van der Waals surface area contributed by atoms with E-state index in [1.807, 2.05) is 22.8 Å². The number of hydrogen-bond acceptors (Lipinski definition) is 2. The lowest BCUT2D eigenvalue weighted by Gasteiger charge is -2.24. The van der Waals surface area contributed by atoms with E-state index >= 15 is 0 Å². The van der Waals surface area contributed by atoms with E-state index in [4.69, 9.17) is 17.3 Å². The molecule has 1 aromatic carbocycles. The quantitative estimate of drug-likeness (QED) is 0.904. The topological polar surface area (TPSA) is 43.8 Å². The summed E-state index contributed by atoms with van der Waals surface area (Å²) in [6.07, 6.45) is 1.08. The number of hydrogen-bond donors (Lipinski definition) is 1. The highest BCUT2D eigenvalue weighted by Gasteiger charge is 2.20. The normalized spacial score (nSPS) is 12.2. The number of nitrogens with zero attached hydrogens (tertiary/aromatic N) is 2. The molecule has 2 rings (SSSR count). The van der Waals surface area contributed by atoms with Gasteiger partial charge in [-0.05, 0) is 24.0 Å². The van der Waals surface area contributed by atoms with Crippen LogP contribution >= 0.6 is 11.6 Å². The van der Waals surface area contributed by atoms with Crippen LogP contribution < -0.4 is 5.73 Å². The van der Waals surface area contributed by atoms with Gasteiger partial charge in [-0.3, -0.25) is 0 Å². The minimum atomic E-state index is 0.181. The molecule has 0 saturated heterocycles. The van der Waals surface area contributed by atoms with Crippen LogP contribution in [-0.2, 0) is 6.54 Å². The van der Waals surface area contributed by atoms with Gasteiger partial charge >= 0.3 is 0 Å².